The SMILES string of the molecule is CCO[Si](OCC)(OCC)c1ccc(C=Cc2ccc(-c3c(C(C)C)c4ccc(N5CCOCC5)cc4oc3=O)o2)s1. The summed E-state index contributed by atoms with van der Waals surface area (Å²) in [6, 6.07) is 13.9. The van der Waals surface area contributed by atoms with E-state index in [9.17, 15) is 4.79 Å². The largest absolute Gasteiger partial charge is 0.547 e. The van der Waals surface area contributed by atoms with Crippen molar-refractivity contribution in [3.05, 3.63) is 69.1 Å². The first-order chi connectivity index (χ1) is 20.4. The Morgan fingerprint density at radius 1 is 0.929 bits per heavy atom. The van der Waals surface area contributed by atoms with Gasteiger partial charge >= 0.3 is 14.4 Å². The van der Waals surface area contributed by atoms with E-state index in [0.717, 1.165) is 39.1 Å². The van der Waals surface area contributed by atoms with Crippen LogP contribution in [0.4, 0.5) is 5.69 Å². The minimum absolute atomic E-state index is 0.0833. The van der Waals surface area contributed by atoms with Gasteiger partial charge in [0, 0.05) is 54.9 Å². The molecule has 1 aromatic carbocycles. The van der Waals surface area contributed by atoms with Crippen LogP contribution in [0.5, 0.6) is 0 Å². The van der Waals surface area contributed by atoms with Crippen molar-refractivity contribution in [2.24, 2.45) is 0 Å². The van der Waals surface area contributed by atoms with Crippen molar-refractivity contribution in [2.45, 2.75) is 40.5 Å². The van der Waals surface area contributed by atoms with Gasteiger partial charge in [-0.25, -0.2) is 4.79 Å². The number of hydrogen-bond donors (Lipinski definition) is 0. The minimum atomic E-state index is -2.95. The minimum Gasteiger partial charge on any atom is -0.456 e. The molecule has 0 radical (unpaired) electrons. The number of thiophene rings is 1. The van der Waals surface area contributed by atoms with Crippen LogP contribution < -0.4 is 15.0 Å². The molecule has 0 N–H and O–H groups in total. The van der Waals surface area contributed by atoms with Crippen molar-refractivity contribution < 1.29 is 26.8 Å². The highest BCUT2D eigenvalue weighted by molar-refractivity contribution is 7.24. The summed E-state index contributed by atoms with van der Waals surface area (Å²) in [6.45, 7) is 14.6. The van der Waals surface area contributed by atoms with E-state index in [1.54, 1.807) is 11.3 Å². The van der Waals surface area contributed by atoms with E-state index in [2.05, 4.69) is 30.9 Å². The molecule has 1 saturated heterocycles. The molecular formula is C32H39NO7SSi. The van der Waals surface area contributed by atoms with E-state index in [1.165, 1.54) is 0 Å². The third-order valence-corrected chi connectivity index (χ3v) is 11.8. The van der Waals surface area contributed by atoms with E-state index in [-0.39, 0.29) is 5.92 Å². The highest BCUT2D eigenvalue weighted by atomic mass is 32.1. The number of ether oxygens (including phenoxy) is 1. The van der Waals surface area contributed by atoms with Crippen molar-refractivity contribution in [1.82, 2.24) is 0 Å². The van der Waals surface area contributed by atoms with Crippen molar-refractivity contribution in [2.75, 3.05) is 51.0 Å². The maximum atomic E-state index is 13.4. The maximum absolute atomic E-state index is 13.4. The number of morpholine rings is 1. The fourth-order valence-corrected chi connectivity index (χ4v) is 9.47. The molecule has 5 rings (SSSR count). The van der Waals surface area contributed by atoms with Crippen LogP contribution in [0.3, 0.4) is 0 Å². The van der Waals surface area contributed by atoms with Crippen molar-refractivity contribution in [1.29, 1.82) is 0 Å². The van der Waals surface area contributed by atoms with Crippen molar-refractivity contribution in [3.8, 4) is 11.3 Å². The number of furan rings is 1. The van der Waals surface area contributed by atoms with Crippen LogP contribution in [-0.2, 0) is 18.0 Å². The first kappa shape index (κ1) is 30.5. The Morgan fingerprint density at radius 2 is 1.64 bits per heavy atom. The number of fused-ring (bicyclic) bond motifs is 1. The molecule has 0 amide bonds. The molecule has 1 aliphatic rings. The smallest absolute Gasteiger partial charge is 0.456 e. The lowest BCUT2D eigenvalue weighted by Gasteiger charge is -2.29. The van der Waals surface area contributed by atoms with E-state index in [1.807, 2.05) is 63.3 Å². The van der Waals surface area contributed by atoms with Gasteiger partial charge in [-0.2, -0.15) is 0 Å². The number of benzene rings is 1. The number of nitrogens with zero attached hydrogens (tertiary/aromatic N) is 1. The lowest BCUT2D eigenvalue weighted by atomic mass is 9.93. The summed E-state index contributed by atoms with van der Waals surface area (Å²) in [6.07, 6.45) is 3.88. The standard InChI is InChI=1S/C32H39NO7SSi/c1-6-36-42(37-7-2,38-8-3)29-16-13-25(41-29)12-10-24-11-15-27(39-24)31-30(22(4)5)26-14-9-23(21-28(26)40-32(31)34)33-17-19-35-20-18-33/h9-16,21-22H,6-8,17-20H2,1-5H3. The van der Waals surface area contributed by atoms with Gasteiger partial charge < -0.3 is 31.7 Å². The zero-order valence-corrected chi connectivity index (χ0v) is 26.8. The molecule has 224 valence electrons. The van der Waals surface area contributed by atoms with E-state index in [4.69, 9.17) is 26.8 Å². The molecule has 0 bridgehead atoms. The Bertz CT molecular complexity index is 1560. The highest BCUT2D eigenvalue weighted by Crippen LogP contribution is 2.35. The van der Waals surface area contributed by atoms with Gasteiger partial charge in [-0.15, -0.1) is 11.3 Å². The summed E-state index contributed by atoms with van der Waals surface area (Å²) < 4.78 is 36.7. The topological polar surface area (TPSA) is 83.5 Å². The first-order valence-corrected chi connectivity index (χ1v) is 17.2. The molecule has 1 aliphatic heterocycles. The molecule has 4 aromatic rings. The second kappa shape index (κ2) is 13.5. The highest BCUT2D eigenvalue weighted by Gasteiger charge is 2.44. The summed E-state index contributed by atoms with van der Waals surface area (Å²) >= 11 is 1.59. The van der Waals surface area contributed by atoms with Crippen molar-refractivity contribution in [3.63, 3.8) is 0 Å². The average molecular weight is 610 g/mol. The van der Waals surface area contributed by atoms with Crippen LogP contribution in [0.1, 0.15) is 56.7 Å². The zero-order valence-electron chi connectivity index (χ0n) is 24.9. The monoisotopic (exact) mass is 609 g/mol. The molecule has 3 aromatic heterocycles. The van der Waals surface area contributed by atoms with Gasteiger partial charge in [0.1, 0.15) is 22.7 Å². The Balaban J connectivity index is 1.43. The third-order valence-electron chi connectivity index (χ3n) is 7.10. The predicted molar refractivity (Wildman–Crippen MR) is 171 cm³/mol. The normalized spacial score (nSPS) is 14.6. The van der Waals surface area contributed by atoms with Gasteiger partial charge in [0.25, 0.3) is 0 Å². The summed E-state index contributed by atoms with van der Waals surface area (Å²) in [7, 11) is -2.95. The Kier molecular flexibility index (Phi) is 9.82. The molecule has 0 saturated carbocycles. The van der Waals surface area contributed by atoms with Gasteiger partial charge in [0.2, 0.25) is 0 Å². The van der Waals surface area contributed by atoms with Crippen LogP contribution in [0.25, 0.3) is 34.4 Å². The molecule has 42 heavy (non-hydrogen) atoms. The second-order valence-electron chi connectivity index (χ2n) is 10.2. The van der Waals surface area contributed by atoms with Crippen LogP contribution >= 0.6 is 11.3 Å². The average Bonchev–Trinajstić information content (AvgIpc) is 3.66. The molecule has 0 atom stereocenters. The lowest BCUT2D eigenvalue weighted by Crippen LogP contribution is -2.55. The Morgan fingerprint density at radius 3 is 2.31 bits per heavy atom. The van der Waals surface area contributed by atoms with Gasteiger partial charge in [0.05, 0.1) is 17.7 Å². The quantitative estimate of drug-likeness (QED) is 0.133. The van der Waals surface area contributed by atoms with Crippen molar-refractivity contribution >= 4 is 53.5 Å². The molecule has 0 unspecified atom stereocenters. The first-order valence-electron chi connectivity index (χ1n) is 14.6. The molecule has 0 spiro atoms. The molecule has 1 fully saturated rings. The summed E-state index contributed by atoms with van der Waals surface area (Å²) in [5, 5.41) is 0.918. The van der Waals surface area contributed by atoms with E-state index < -0.39 is 14.4 Å². The van der Waals surface area contributed by atoms with Gasteiger partial charge in [-0.05, 0) is 80.8 Å². The maximum Gasteiger partial charge on any atom is 0.547 e. The molecule has 4 heterocycles. The van der Waals surface area contributed by atoms with Crippen LogP contribution in [-0.4, -0.2) is 54.9 Å². The summed E-state index contributed by atoms with van der Waals surface area (Å²) in [5.41, 5.74) is 2.61. The molecule has 0 aliphatic carbocycles. The van der Waals surface area contributed by atoms with Crippen LogP contribution in [0.2, 0.25) is 0 Å². The van der Waals surface area contributed by atoms with Gasteiger partial charge in [-0.1, -0.05) is 13.8 Å². The van der Waals surface area contributed by atoms with E-state index in [0.29, 0.717) is 55.7 Å². The fourth-order valence-electron chi connectivity index (χ4n) is 5.32. The van der Waals surface area contributed by atoms with Gasteiger partial charge in [-0.3, -0.25) is 0 Å². The lowest BCUT2D eigenvalue weighted by molar-refractivity contribution is 0.0866. The zero-order chi connectivity index (χ0) is 29.7. The van der Waals surface area contributed by atoms with Crippen LogP contribution in [0.15, 0.2) is 56.1 Å². The fraction of sp³-hybridized carbons (Fsp3) is 0.406. The Hall–Kier alpha value is -2.99. The molecule has 10 heteroatoms. The number of rotatable bonds is 12. The third kappa shape index (κ3) is 6.34. The second-order valence-corrected chi connectivity index (χ2v) is 14.2. The Labute approximate surface area is 251 Å². The summed E-state index contributed by atoms with van der Waals surface area (Å²) in [5.74, 6) is 1.22. The van der Waals surface area contributed by atoms with E-state index >= 15 is 0 Å². The summed E-state index contributed by atoms with van der Waals surface area (Å²) in [4.78, 5) is 16.7. The number of hydrogen-bond acceptors (Lipinski definition) is 9. The predicted octanol–water partition coefficient (Wildman–Crippen LogP) is 6.50. The molecule has 8 nitrogen and oxygen atoms in total. The van der Waals surface area contributed by atoms with Crippen LogP contribution in [0, 0.1) is 0 Å². The van der Waals surface area contributed by atoms with Gasteiger partial charge in [0.15, 0.2) is 0 Å². The number of anilines is 1. The molecular weight excluding hydrogens is 571 g/mol.